The highest BCUT2D eigenvalue weighted by atomic mass is 16.3. The van der Waals surface area contributed by atoms with Crippen LogP contribution in [0.3, 0.4) is 0 Å². The first-order valence-corrected chi connectivity index (χ1v) is 9.79. The number of aryl methyl sites for hydroxylation is 1. The molecule has 2 saturated heterocycles. The smallest absolute Gasteiger partial charge is 0.317 e. The second-order valence-corrected chi connectivity index (χ2v) is 7.61. The fourth-order valence-corrected chi connectivity index (χ4v) is 3.95. The molecule has 0 aromatic heterocycles. The molecule has 2 aliphatic rings. The van der Waals surface area contributed by atoms with Gasteiger partial charge in [0.15, 0.2) is 0 Å². The van der Waals surface area contributed by atoms with Crippen molar-refractivity contribution >= 4 is 11.7 Å². The van der Waals surface area contributed by atoms with E-state index < -0.39 is 0 Å². The van der Waals surface area contributed by atoms with Gasteiger partial charge in [0.2, 0.25) is 0 Å². The van der Waals surface area contributed by atoms with Crippen LogP contribution in [0, 0.1) is 6.92 Å². The molecule has 1 atom stereocenters. The minimum absolute atomic E-state index is 0.0710. The van der Waals surface area contributed by atoms with Gasteiger partial charge in [-0.15, -0.1) is 0 Å². The summed E-state index contributed by atoms with van der Waals surface area (Å²) >= 11 is 0. The van der Waals surface area contributed by atoms with E-state index >= 15 is 0 Å². The highest BCUT2D eigenvalue weighted by molar-refractivity contribution is 5.75. The van der Waals surface area contributed by atoms with Gasteiger partial charge in [-0.3, -0.25) is 0 Å². The van der Waals surface area contributed by atoms with Gasteiger partial charge >= 0.3 is 6.03 Å². The fourth-order valence-electron chi connectivity index (χ4n) is 3.95. The van der Waals surface area contributed by atoms with Gasteiger partial charge in [-0.25, -0.2) is 4.79 Å². The average Bonchev–Trinajstić information content (AvgIpc) is 2.64. The number of carbonyl (C=O) groups excluding carboxylic acids is 1. The number of piperazine rings is 1. The number of anilines is 1. The molecule has 6 heteroatoms. The second kappa shape index (κ2) is 8.73. The van der Waals surface area contributed by atoms with Gasteiger partial charge in [0.05, 0.1) is 6.61 Å². The number of urea groups is 1. The predicted molar refractivity (Wildman–Crippen MR) is 105 cm³/mol. The lowest BCUT2D eigenvalue weighted by Gasteiger charge is -2.42. The van der Waals surface area contributed by atoms with Crippen molar-refractivity contribution in [3.05, 3.63) is 29.8 Å². The summed E-state index contributed by atoms with van der Waals surface area (Å²) in [6, 6.07) is 9.13. The average molecular weight is 361 g/mol. The molecular weight excluding hydrogens is 328 g/mol. The number of rotatable bonds is 4. The lowest BCUT2D eigenvalue weighted by Crippen LogP contribution is -2.58. The van der Waals surface area contributed by atoms with Gasteiger partial charge < -0.3 is 25.1 Å². The van der Waals surface area contributed by atoms with Gasteiger partial charge in [-0.2, -0.15) is 0 Å². The van der Waals surface area contributed by atoms with Crippen LogP contribution in [-0.2, 0) is 0 Å². The van der Waals surface area contributed by atoms with E-state index in [1.807, 2.05) is 4.90 Å². The van der Waals surface area contributed by atoms with Gasteiger partial charge in [-0.1, -0.05) is 17.7 Å². The molecule has 1 aromatic carbocycles. The summed E-state index contributed by atoms with van der Waals surface area (Å²) in [4.78, 5) is 19.3. The van der Waals surface area contributed by atoms with Crippen LogP contribution < -0.4 is 10.2 Å². The fraction of sp³-hybridized carbons (Fsp3) is 0.650. The number of benzene rings is 1. The highest BCUT2D eigenvalue weighted by Gasteiger charge is 2.29. The SMILES string of the molecule is Cc1ccc(N2CCN(C(=O)NC3CCN(CCO)CC3)[C@@H](C)C2)cc1. The number of β-amino-alcohol motifs (C(OH)–C–C–N with tert-alkyl or cyclic N) is 1. The lowest BCUT2D eigenvalue weighted by atomic mass is 10.1. The van der Waals surface area contributed by atoms with Crippen LogP contribution in [-0.4, -0.2) is 78.9 Å². The van der Waals surface area contributed by atoms with E-state index in [9.17, 15) is 4.79 Å². The Hall–Kier alpha value is -1.79. The van der Waals surface area contributed by atoms with E-state index in [0.29, 0.717) is 0 Å². The molecule has 0 unspecified atom stereocenters. The lowest BCUT2D eigenvalue weighted by molar-refractivity contribution is 0.142. The Bertz CT molecular complexity index is 584. The minimum atomic E-state index is 0.0710. The van der Waals surface area contributed by atoms with Crippen LogP contribution in [0.4, 0.5) is 10.5 Å². The zero-order valence-corrected chi connectivity index (χ0v) is 16.0. The van der Waals surface area contributed by atoms with Crippen LogP contribution in [0.15, 0.2) is 24.3 Å². The van der Waals surface area contributed by atoms with Crippen molar-refractivity contribution in [1.29, 1.82) is 0 Å². The van der Waals surface area contributed by atoms with Crippen molar-refractivity contribution in [2.75, 3.05) is 50.8 Å². The maximum absolute atomic E-state index is 12.7. The monoisotopic (exact) mass is 360 g/mol. The van der Waals surface area contributed by atoms with Crippen molar-refractivity contribution in [1.82, 2.24) is 15.1 Å². The standard InChI is InChI=1S/C20H32N4O2/c1-16-3-5-19(6-4-16)23-11-12-24(17(2)15-23)20(26)21-18-7-9-22(10-8-18)13-14-25/h3-6,17-18,25H,7-15H2,1-2H3,(H,21,26)/t17-/m0/s1. The summed E-state index contributed by atoms with van der Waals surface area (Å²) in [6.45, 7) is 9.56. The number of nitrogens with zero attached hydrogens (tertiary/aromatic N) is 3. The first-order valence-electron chi connectivity index (χ1n) is 9.79. The molecule has 2 heterocycles. The zero-order valence-electron chi connectivity index (χ0n) is 16.0. The van der Waals surface area contributed by atoms with Crippen LogP contribution >= 0.6 is 0 Å². The number of likely N-dealkylation sites (tertiary alicyclic amines) is 1. The quantitative estimate of drug-likeness (QED) is 0.858. The van der Waals surface area contributed by atoms with E-state index in [4.69, 9.17) is 5.11 Å². The Kier molecular flexibility index (Phi) is 6.38. The van der Waals surface area contributed by atoms with Crippen LogP contribution in [0.25, 0.3) is 0 Å². The number of aliphatic hydroxyl groups is 1. The molecule has 6 nitrogen and oxygen atoms in total. The van der Waals surface area contributed by atoms with Crippen molar-refractivity contribution in [2.24, 2.45) is 0 Å². The summed E-state index contributed by atoms with van der Waals surface area (Å²) < 4.78 is 0. The first-order chi connectivity index (χ1) is 12.6. The molecule has 0 saturated carbocycles. The predicted octanol–water partition coefficient (Wildman–Crippen LogP) is 1.67. The second-order valence-electron chi connectivity index (χ2n) is 7.61. The Balaban J connectivity index is 1.48. The molecule has 0 aliphatic carbocycles. The molecule has 3 rings (SSSR count). The number of aliphatic hydroxyl groups excluding tert-OH is 1. The summed E-state index contributed by atoms with van der Waals surface area (Å²) in [5.41, 5.74) is 2.50. The molecule has 0 spiro atoms. The van der Waals surface area contributed by atoms with Crippen molar-refractivity contribution in [2.45, 2.75) is 38.8 Å². The maximum Gasteiger partial charge on any atom is 0.317 e. The number of carbonyl (C=O) groups is 1. The Morgan fingerprint density at radius 3 is 2.46 bits per heavy atom. The van der Waals surface area contributed by atoms with Gasteiger partial charge in [0.25, 0.3) is 0 Å². The van der Waals surface area contributed by atoms with Crippen LogP contribution in [0.5, 0.6) is 0 Å². The highest BCUT2D eigenvalue weighted by Crippen LogP contribution is 2.20. The number of nitrogens with one attached hydrogen (secondary N) is 1. The molecule has 2 fully saturated rings. The number of piperidine rings is 1. The summed E-state index contributed by atoms with van der Waals surface area (Å²) in [6.07, 6.45) is 1.92. The molecule has 0 radical (unpaired) electrons. The zero-order chi connectivity index (χ0) is 18.5. The molecule has 144 valence electrons. The normalized spacial score (nSPS) is 22.5. The van der Waals surface area contributed by atoms with Gasteiger partial charge in [0, 0.05) is 57.0 Å². The van der Waals surface area contributed by atoms with E-state index in [0.717, 1.165) is 52.1 Å². The van der Waals surface area contributed by atoms with E-state index in [1.54, 1.807) is 0 Å². The van der Waals surface area contributed by atoms with E-state index in [-0.39, 0.29) is 24.7 Å². The Labute approximate surface area is 156 Å². The number of hydrogen-bond donors (Lipinski definition) is 2. The number of hydrogen-bond acceptors (Lipinski definition) is 4. The summed E-state index contributed by atoms with van der Waals surface area (Å²) in [5.74, 6) is 0. The molecule has 2 aliphatic heterocycles. The third kappa shape index (κ3) is 4.68. The van der Waals surface area contributed by atoms with Crippen molar-refractivity contribution < 1.29 is 9.90 Å². The van der Waals surface area contributed by atoms with Gasteiger partial charge in [-0.05, 0) is 38.8 Å². The minimum Gasteiger partial charge on any atom is -0.395 e. The van der Waals surface area contributed by atoms with Gasteiger partial charge in [0.1, 0.15) is 0 Å². The van der Waals surface area contributed by atoms with Crippen LogP contribution in [0.1, 0.15) is 25.3 Å². The van der Waals surface area contributed by atoms with Crippen LogP contribution in [0.2, 0.25) is 0 Å². The molecule has 1 aromatic rings. The Morgan fingerprint density at radius 1 is 1.15 bits per heavy atom. The molecule has 2 N–H and O–H groups in total. The maximum atomic E-state index is 12.7. The Morgan fingerprint density at radius 2 is 1.85 bits per heavy atom. The largest absolute Gasteiger partial charge is 0.395 e. The topological polar surface area (TPSA) is 59.0 Å². The van der Waals surface area contributed by atoms with Crippen molar-refractivity contribution in [3.8, 4) is 0 Å². The molecular formula is C20H32N4O2. The number of amides is 2. The third-order valence-electron chi connectivity index (χ3n) is 5.62. The summed E-state index contributed by atoms with van der Waals surface area (Å²) in [7, 11) is 0. The van der Waals surface area contributed by atoms with E-state index in [2.05, 4.69) is 53.2 Å². The molecule has 2 amide bonds. The third-order valence-corrected chi connectivity index (χ3v) is 5.62. The first kappa shape index (κ1) is 19.0. The molecule has 26 heavy (non-hydrogen) atoms. The van der Waals surface area contributed by atoms with E-state index in [1.165, 1.54) is 11.3 Å². The van der Waals surface area contributed by atoms with Crippen molar-refractivity contribution in [3.63, 3.8) is 0 Å². The summed E-state index contributed by atoms with van der Waals surface area (Å²) in [5, 5.41) is 12.2. The molecule has 0 bridgehead atoms.